The van der Waals surface area contributed by atoms with Gasteiger partial charge in [0.25, 0.3) is 0 Å². The van der Waals surface area contributed by atoms with E-state index in [-0.39, 0.29) is 11.5 Å². The highest BCUT2D eigenvalue weighted by Crippen LogP contribution is 2.42. The van der Waals surface area contributed by atoms with Crippen LogP contribution in [0, 0.1) is 13.8 Å². The summed E-state index contributed by atoms with van der Waals surface area (Å²) < 4.78 is 11.7. The molecule has 0 saturated carbocycles. The number of aryl methyl sites for hydroxylation is 2. The summed E-state index contributed by atoms with van der Waals surface area (Å²) in [5.74, 6) is 1.08. The number of piperidine rings is 1. The van der Waals surface area contributed by atoms with Crippen molar-refractivity contribution in [1.82, 2.24) is 9.88 Å². The quantitative estimate of drug-likeness (QED) is 0.820. The zero-order valence-corrected chi connectivity index (χ0v) is 17.0. The number of carbonyl (C=O) groups is 1. The van der Waals surface area contributed by atoms with Crippen LogP contribution in [0.3, 0.4) is 0 Å². The molecule has 0 aliphatic carbocycles. The van der Waals surface area contributed by atoms with Gasteiger partial charge in [0.15, 0.2) is 0 Å². The highest BCUT2D eigenvalue weighted by molar-refractivity contribution is 5.79. The van der Waals surface area contributed by atoms with Crippen LogP contribution in [0.4, 0.5) is 0 Å². The van der Waals surface area contributed by atoms with E-state index in [9.17, 15) is 4.79 Å². The second-order valence-electron chi connectivity index (χ2n) is 7.93. The number of benzene rings is 1. The van der Waals surface area contributed by atoms with Gasteiger partial charge in [0.05, 0.1) is 25.7 Å². The maximum Gasteiger partial charge on any atom is 0.226 e. The first-order valence-electron chi connectivity index (χ1n) is 10.0. The van der Waals surface area contributed by atoms with Gasteiger partial charge in [0.1, 0.15) is 5.75 Å². The predicted molar refractivity (Wildman–Crippen MR) is 108 cm³/mol. The Morgan fingerprint density at radius 1 is 1.18 bits per heavy atom. The van der Waals surface area contributed by atoms with Gasteiger partial charge in [-0.25, -0.2) is 0 Å². The molecule has 5 nitrogen and oxygen atoms in total. The van der Waals surface area contributed by atoms with Gasteiger partial charge < -0.3 is 14.4 Å². The van der Waals surface area contributed by atoms with Gasteiger partial charge in [-0.15, -0.1) is 0 Å². The number of aromatic nitrogens is 1. The lowest BCUT2D eigenvalue weighted by atomic mass is 9.79. The van der Waals surface area contributed by atoms with Crippen LogP contribution in [0.5, 0.6) is 5.75 Å². The summed E-state index contributed by atoms with van der Waals surface area (Å²) in [6.45, 7) is 6.13. The minimum atomic E-state index is -0.263. The summed E-state index contributed by atoms with van der Waals surface area (Å²) in [5.41, 5.74) is 5.29. The molecule has 2 aromatic rings. The van der Waals surface area contributed by atoms with E-state index in [1.807, 2.05) is 36.9 Å². The molecule has 0 radical (unpaired) electrons. The van der Waals surface area contributed by atoms with Crippen LogP contribution in [-0.4, -0.2) is 42.6 Å². The highest BCUT2D eigenvalue weighted by Gasteiger charge is 2.41. The molecule has 1 spiro atoms. The van der Waals surface area contributed by atoms with Gasteiger partial charge >= 0.3 is 0 Å². The molecular formula is C23H28N2O3. The summed E-state index contributed by atoms with van der Waals surface area (Å²) in [5, 5.41) is 0. The van der Waals surface area contributed by atoms with E-state index >= 15 is 0 Å². The largest absolute Gasteiger partial charge is 0.497 e. The zero-order chi connectivity index (χ0) is 19.7. The van der Waals surface area contributed by atoms with E-state index in [1.54, 1.807) is 7.11 Å². The highest BCUT2D eigenvalue weighted by atomic mass is 16.5. The lowest BCUT2D eigenvalue weighted by Crippen LogP contribution is -2.48. The van der Waals surface area contributed by atoms with Crippen molar-refractivity contribution in [2.75, 3.05) is 26.8 Å². The number of nitrogens with zero attached hydrogens (tertiary/aromatic N) is 2. The molecule has 3 heterocycles. The molecule has 1 aromatic carbocycles. The van der Waals surface area contributed by atoms with Crippen molar-refractivity contribution >= 4 is 5.91 Å². The molecule has 0 unspecified atom stereocenters. The number of hydrogen-bond donors (Lipinski definition) is 0. The first-order chi connectivity index (χ1) is 13.5. The minimum Gasteiger partial charge on any atom is -0.497 e. The molecule has 28 heavy (non-hydrogen) atoms. The molecule has 1 saturated heterocycles. The number of hydrogen-bond acceptors (Lipinski definition) is 4. The molecule has 148 valence electrons. The van der Waals surface area contributed by atoms with E-state index < -0.39 is 0 Å². The van der Waals surface area contributed by atoms with Crippen LogP contribution >= 0.6 is 0 Å². The molecule has 1 amide bonds. The molecule has 0 atom stereocenters. The van der Waals surface area contributed by atoms with Crippen LogP contribution in [0.1, 0.15) is 40.9 Å². The first-order valence-corrected chi connectivity index (χ1v) is 10.0. The summed E-state index contributed by atoms with van der Waals surface area (Å²) in [6, 6.07) is 10.3. The monoisotopic (exact) mass is 380 g/mol. The standard InChI is InChI=1S/C23H28N2O3/c1-16-12-18(13-17(2)24-16)14-22(26)25-9-7-23(8-10-25)21-5-4-20(27-3)15-19(21)6-11-28-23/h4-5,12-13,15H,6-11,14H2,1-3H3. The van der Waals surface area contributed by atoms with Crippen LogP contribution in [0.2, 0.25) is 0 Å². The summed E-state index contributed by atoms with van der Waals surface area (Å²) in [6.07, 6.45) is 3.03. The van der Waals surface area contributed by atoms with E-state index in [1.165, 1.54) is 11.1 Å². The Bertz CT molecular complexity index is 865. The minimum absolute atomic E-state index is 0.186. The Labute approximate surface area is 166 Å². The number of pyridine rings is 1. The van der Waals surface area contributed by atoms with Crippen molar-refractivity contribution in [1.29, 1.82) is 0 Å². The molecule has 0 N–H and O–H groups in total. The Morgan fingerprint density at radius 3 is 2.57 bits per heavy atom. The molecule has 1 fully saturated rings. The van der Waals surface area contributed by atoms with E-state index in [2.05, 4.69) is 17.1 Å². The van der Waals surface area contributed by atoms with Crippen molar-refractivity contribution in [2.24, 2.45) is 0 Å². The number of fused-ring (bicyclic) bond motifs is 2. The summed E-state index contributed by atoms with van der Waals surface area (Å²) >= 11 is 0. The fraction of sp³-hybridized carbons (Fsp3) is 0.478. The molecule has 0 bridgehead atoms. The van der Waals surface area contributed by atoms with Crippen molar-refractivity contribution in [3.8, 4) is 5.75 Å². The van der Waals surface area contributed by atoms with Crippen LogP contribution in [0.25, 0.3) is 0 Å². The maximum absolute atomic E-state index is 12.8. The van der Waals surface area contributed by atoms with Crippen LogP contribution in [-0.2, 0) is 28.0 Å². The fourth-order valence-corrected chi connectivity index (χ4v) is 4.62. The average molecular weight is 380 g/mol. The summed E-state index contributed by atoms with van der Waals surface area (Å²) in [4.78, 5) is 19.2. The lowest BCUT2D eigenvalue weighted by molar-refractivity contribution is -0.140. The average Bonchev–Trinajstić information content (AvgIpc) is 2.67. The van der Waals surface area contributed by atoms with Crippen LogP contribution in [0.15, 0.2) is 30.3 Å². The molecular weight excluding hydrogens is 352 g/mol. The number of rotatable bonds is 3. The van der Waals surface area contributed by atoms with Gasteiger partial charge in [-0.2, -0.15) is 0 Å². The second kappa shape index (κ2) is 7.55. The smallest absolute Gasteiger partial charge is 0.226 e. The number of ether oxygens (including phenoxy) is 2. The Morgan fingerprint density at radius 2 is 1.89 bits per heavy atom. The maximum atomic E-state index is 12.8. The van der Waals surface area contributed by atoms with E-state index in [0.717, 1.165) is 61.7 Å². The van der Waals surface area contributed by atoms with Gasteiger partial charge in [0, 0.05) is 24.5 Å². The normalized spacial score (nSPS) is 18.0. The third-order valence-electron chi connectivity index (χ3n) is 5.97. The number of amides is 1. The number of likely N-dealkylation sites (tertiary alicyclic amines) is 1. The Hall–Kier alpha value is -2.40. The number of carbonyl (C=O) groups excluding carboxylic acids is 1. The van der Waals surface area contributed by atoms with Gasteiger partial charge in [-0.05, 0) is 74.1 Å². The molecule has 5 heteroatoms. The van der Waals surface area contributed by atoms with Gasteiger partial charge in [0.2, 0.25) is 5.91 Å². The Balaban J connectivity index is 1.45. The van der Waals surface area contributed by atoms with Crippen molar-refractivity contribution in [2.45, 2.75) is 45.1 Å². The molecule has 2 aliphatic heterocycles. The van der Waals surface area contributed by atoms with Crippen molar-refractivity contribution < 1.29 is 14.3 Å². The van der Waals surface area contributed by atoms with Gasteiger partial charge in [-0.3, -0.25) is 9.78 Å². The molecule has 4 rings (SSSR count). The topological polar surface area (TPSA) is 51.7 Å². The SMILES string of the molecule is COc1ccc2c(c1)CCOC21CCN(C(=O)Cc2cc(C)nc(C)c2)CC1. The van der Waals surface area contributed by atoms with Crippen molar-refractivity contribution in [3.63, 3.8) is 0 Å². The summed E-state index contributed by atoms with van der Waals surface area (Å²) in [7, 11) is 1.70. The van der Waals surface area contributed by atoms with E-state index in [0.29, 0.717) is 6.42 Å². The van der Waals surface area contributed by atoms with Crippen LogP contribution < -0.4 is 4.74 Å². The third-order valence-corrected chi connectivity index (χ3v) is 5.97. The number of methoxy groups -OCH3 is 1. The van der Waals surface area contributed by atoms with E-state index in [4.69, 9.17) is 9.47 Å². The predicted octanol–water partition coefficient (Wildman–Crippen LogP) is 3.34. The van der Waals surface area contributed by atoms with Crippen molar-refractivity contribution in [3.05, 3.63) is 58.4 Å². The second-order valence-corrected chi connectivity index (χ2v) is 7.93. The first kappa shape index (κ1) is 18.9. The molecule has 1 aromatic heterocycles. The van der Waals surface area contributed by atoms with Gasteiger partial charge in [-0.1, -0.05) is 6.07 Å². The molecule has 2 aliphatic rings. The fourth-order valence-electron chi connectivity index (χ4n) is 4.62. The Kier molecular flexibility index (Phi) is 5.11. The third kappa shape index (κ3) is 3.63. The lowest BCUT2D eigenvalue weighted by Gasteiger charge is -2.45. The zero-order valence-electron chi connectivity index (χ0n) is 17.0.